The Morgan fingerprint density at radius 1 is 1.04 bits per heavy atom. The van der Waals surface area contributed by atoms with E-state index in [2.05, 4.69) is 41.0 Å². The Morgan fingerprint density at radius 3 is 2.42 bits per heavy atom. The molecule has 0 radical (unpaired) electrons. The monoisotopic (exact) mass is 326 g/mol. The van der Waals surface area contributed by atoms with Crippen molar-refractivity contribution in [1.29, 1.82) is 0 Å². The van der Waals surface area contributed by atoms with Gasteiger partial charge in [0.1, 0.15) is 5.75 Å². The van der Waals surface area contributed by atoms with Gasteiger partial charge in [-0.25, -0.2) is 0 Å². The molecular formula is C20H26N2O2. The number of rotatable bonds is 5. The van der Waals surface area contributed by atoms with Gasteiger partial charge >= 0.3 is 0 Å². The third-order valence-electron chi connectivity index (χ3n) is 4.68. The summed E-state index contributed by atoms with van der Waals surface area (Å²) in [5.74, 6) is 0.788. The zero-order valence-electron chi connectivity index (χ0n) is 14.5. The lowest BCUT2D eigenvalue weighted by Crippen LogP contribution is -2.47. The predicted molar refractivity (Wildman–Crippen MR) is 97.8 cm³/mol. The highest BCUT2D eigenvalue weighted by Crippen LogP contribution is 2.22. The molecule has 1 fully saturated rings. The van der Waals surface area contributed by atoms with Gasteiger partial charge in [0.25, 0.3) is 0 Å². The summed E-state index contributed by atoms with van der Waals surface area (Å²) in [6.45, 7) is 6.70. The van der Waals surface area contributed by atoms with Crippen LogP contribution in [0.2, 0.25) is 0 Å². The molecular weight excluding hydrogens is 300 g/mol. The minimum atomic E-state index is -0.481. The topological polar surface area (TPSA) is 35.9 Å². The van der Waals surface area contributed by atoms with Gasteiger partial charge in [0.2, 0.25) is 0 Å². The molecule has 1 saturated heterocycles. The Kier molecular flexibility index (Phi) is 5.38. The zero-order valence-corrected chi connectivity index (χ0v) is 14.5. The predicted octanol–water partition coefficient (Wildman–Crippen LogP) is 2.86. The molecule has 3 rings (SSSR count). The molecule has 24 heavy (non-hydrogen) atoms. The van der Waals surface area contributed by atoms with Crippen LogP contribution in [0.4, 0.5) is 5.69 Å². The van der Waals surface area contributed by atoms with E-state index in [0.717, 1.165) is 37.5 Å². The molecule has 1 aliphatic rings. The summed E-state index contributed by atoms with van der Waals surface area (Å²) in [6.07, 6.45) is -0.481. The van der Waals surface area contributed by atoms with E-state index in [1.54, 1.807) is 7.11 Å². The number of aryl methyl sites for hydroxylation is 1. The number of benzene rings is 2. The fraction of sp³-hybridized carbons (Fsp3) is 0.400. The fourth-order valence-electron chi connectivity index (χ4n) is 3.14. The summed E-state index contributed by atoms with van der Waals surface area (Å²) < 4.78 is 5.24. The Morgan fingerprint density at radius 2 is 1.75 bits per heavy atom. The van der Waals surface area contributed by atoms with Gasteiger partial charge < -0.3 is 14.7 Å². The molecule has 0 aliphatic carbocycles. The molecule has 4 nitrogen and oxygen atoms in total. The SMILES string of the molecule is COc1cccc([C@@H](O)CN2CCN(c3ccc(C)cc3)CC2)c1. The summed E-state index contributed by atoms with van der Waals surface area (Å²) in [5.41, 5.74) is 3.49. The van der Waals surface area contributed by atoms with E-state index in [-0.39, 0.29) is 0 Å². The van der Waals surface area contributed by atoms with Crippen LogP contribution < -0.4 is 9.64 Å². The first-order valence-corrected chi connectivity index (χ1v) is 8.51. The standard InChI is InChI=1S/C20H26N2O2/c1-16-6-8-18(9-7-16)22-12-10-21(11-13-22)15-20(23)17-4-3-5-19(14-17)24-2/h3-9,14,20,23H,10-13,15H2,1-2H3/t20-/m0/s1. The van der Waals surface area contributed by atoms with Gasteiger partial charge in [0, 0.05) is 38.4 Å². The summed E-state index contributed by atoms with van der Waals surface area (Å²) >= 11 is 0. The molecule has 1 heterocycles. The average Bonchev–Trinajstić information content (AvgIpc) is 2.63. The molecule has 1 N–H and O–H groups in total. The molecule has 0 amide bonds. The van der Waals surface area contributed by atoms with Gasteiger partial charge in [-0.1, -0.05) is 29.8 Å². The second-order valence-corrected chi connectivity index (χ2v) is 6.42. The maximum absolute atomic E-state index is 10.5. The zero-order chi connectivity index (χ0) is 16.9. The largest absolute Gasteiger partial charge is 0.497 e. The maximum Gasteiger partial charge on any atom is 0.119 e. The molecule has 0 bridgehead atoms. The second kappa shape index (κ2) is 7.69. The van der Waals surface area contributed by atoms with Crippen molar-refractivity contribution in [3.8, 4) is 5.75 Å². The minimum absolute atomic E-state index is 0.481. The first-order chi connectivity index (χ1) is 11.7. The lowest BCUT2D eigenvalue weighted by molar-refractivity contribution is 0.109. The van der Waals surface area contributed by atoms with Gasteiger partial charge in [-0.05, 0) is 36.8 Å². The molecule has 0 saturated carbocycles. The van der Waals surface area contributed by atoms with Gasteiger partial charge in [0.05, 0.1) is 13.2 Å². The lowest BCUT2D eigenvalue weighted by Gasteiger charge is -2.37. The van der Waals surface area contributed by atoms with Crippen molar-refractivity contribution in [2.24, 2.45) is 0 Å². The van der Waals surface area contributed by atoms with Crippen LogP contribution >= 0.6 is 0 Å². The first kappa shape index (κ1) is 16.8. The van der Waals surface area contributed by atoms with Crippen molar-refractivity contribution >= 4 is 5.69 Å². The van der Waals surface area contributed by atoms with E-state index >= 15 is 0 Å². The molecule has 0 spiro atoms. The van der Waals surface area contributed by atoms with E-state index in [4.69, 9.17) is 4.74 Å². The number of anilines is 1. The summed E-state index contributed by atoms with van der Waals surface area (Å²) in [4.78, 5) is 4.74. The quantitative estimate of drug-likeness (QED) is 0.916. The normalized spacial score (nSPS) is 16.9. The van der Waals surface area contributed by atoms with Crippen LogP contribution in [0.1, 0.15) is 17.2 Å². The molecule has 2 aromatic rings. The Labute approximate surface area is 144 Å². The fourth-order valence-corrected chi connectivity index (χ4v) is 3.14. The van der Waals surface area contributed by atoms with Crippen LogP contribution in [0.5, 0.6) is 5.75 Å². The first-order valence-electron chi connectivity index (χ1n) is 8.51. The number of piperazine rings is 1. The molecule has 1 atom stereocenters. The van der Waals surface area contributed by atoms with Gasteiger partial charge in [0.15, 0.2) is 0 Å². The smallest absolute Gasteiger partial charge is 0.119 e. The van der Waals surface area contributed by atoms with Crippen LogP contribution in [0, 0.1) is 6.92 Å². The number of methoxy groups -OCH3 is 1. The average molecular weight is 326 g/mol. The van der Waals surface area contributed by atoms with Crippen LogP contribution in [-0.2, 0) is 0 Å². The van der Waals surface area contributed by atoms with Crippen LogP contribution in [0.15, 0.2) is 48.5 Å². The van der Waals surface area contributed by atoms with E-state index in [0.29, 0.717) is 6.54 Å². The summed E-state index contributed by atoms with van der Waals surface area (Å²) in [6, 6.07) is 16.4. The van der Waals surface area contributed by atoms with Crippen LogP contribution in [0.25, 0.3) is 0 Å². The number of hydrogen-bond donors (Lipinski definition) is 1. The minimum Gasteiger partial charge on any atom is -0.497 e. The number of β-amino-alcohol motifs (C(OH)–C–C–N with tert-alkyl or cyclic N) is 1. The Balaban J connectivity index is 1.54. The number of hydrogen-bond acceptors (Lipinski definition) is 4. The van der Waals surface area contributed by atoms with Gasteiger partial charge in [-0.15, -0.1) is 0 Å². The van der Waals surface area contributed by atoms with Crippen LogP contribution in [0.3, 0.4) is 0 Å². The molecule has 0 unspecified atom stereocenters. The highest BCUT2D eigenvalue weighted by atomic mass is 16.5. The van der Waals surface area contributed by atoms with Crippen molar-refractivity contribution in [2.45, 2.75) is 13.0 Å². The third-order valence-corrected chi connectivity index (χ3v) is 4.68. The van der Waals surface area contributed by atoms with Crippen molar-refractivity contribution in [3.63, 3.8) is 0 Å². The molecule has 0 aromatic heterocycles. The highest BCUT2D eigenvalue weighted by Gasteiger charge is 2.20. The Bertz CT molecular complexity index is 649. The maximum atomic E-state index is 10.5. The second-order valence-electron chi connectivity index (χ2n) is 6.42. The number of nitrogens with zero attached hydrogens (tertiary/aromatic N) is 2. The highest BCUT2D eigenvalue weighted by molar-refractivity contribution is 5.47. The van der Waals surface area contributed by atoms with E-state index in [1.165, 1.54) is 11.3 Å². The van der Waals surface area contributed by atoms with E-state index < -0.39 is 6.10 Å². The van der Waals surface area contributed by atoms with Gasteiger partial charge in [-0.2, -0.15) is 0 Å². The third kappa shape index (κ3) is 4.08. The molecule has 1 aliphatic heterocycles. The Hall–Kier alpha value is -2.04. The van der Waals surface area contributed by atoms with Crippen molar-refractivity contribution in [1.82, 2.24) is 4.90 Å². The molecule has 2 aromatic carbocycles. The number of ether oxygens (including phenoxy) is 1. The number of aliphatic hydroxyl groups excluding tert-OH is 1. The van der Waals surface area contributed by atoms with Gasteiger partial charge in [-0.3, -0.25) is 4.90 Å². The summed E-state index contributed by atoms with van der Waals surface area (Å²) in [7, 11) is 1.65. The van der Waals surface area contributed by atoms with Crippen molar-refractivity contribution < 1.29 is 9.84 Å². The van der Waals surface area contributed by atoms with E-state index in [9.17, 15) is 5.11 Å². The van der Waals surface area contributed by atoms with Crippen molar-refractivity contribution in [3.05, 3.63) is 59.7 Å². The molecule has 128 valence electrons. The lowest BCUT2D eigenvalue weighted by atomic mass is 10.1. The van der Waals surface area contributed by atoms with E-state index in [1.807, 2.05) is 24.3 Å². The molecule has 4 heteroatoms. The van der Waals surface area contributed by atoms with Crippen molar-refractivity contribution in [2.75, 3.05) is 44.7 Å². The van der Waals surface area contributed by atoms with Crippen LogP contribution in [-0.4, -0.2) is 49.8 Å². The summed E-state index contributed by atoms with van der Waals surface area (Å²) in [5, 5.41) is 10.5. The number of aliphatic hydroxyl groups is 1.